The number of nitrogens with zero attached hydrogens (tertiary/aromatic N) is 1. The SMILES string of the molecule is O=C(O)/C=C/C(=O)O.c1ccc2c(c1)Cc1sc(CC3CCCN3)nc1-2. The summed E-state index contributed by atoms with van der Waals surface area (Å²) in [6.45, 7) is 1.18. The molecule has 1 aliphatic heterocycles. The van der Waals surface area contributed by atoms with E-state index < -0.39 is 11.9 Å². The van der Waals surface area contributed by atoms with Gasteiger partial charge in [0.2, 0.25) is 0 Å². The maximum Gasteiger partial charge on any atom is 0.328 e. The summed E-state index contributed by atoms with van der Waals surface area (Å²) in [5.74, 6) is -2.51. The van der Waals surface area contributed by atoms with Gasteiger partial charge in [-0.3, -0.25) is 0 Å². The van der Waals surface area contributed by atoms with E-state index in [-0.39, 0.29) is 0 Å². The summed E-state index contributed by atoms with van der Waals surface area (Å²) in [7, 11) is 0. The van der Waals surface area contributed by atoms with Crippen LogP contribution in [0.25, 0.3) is 11.3 Å². The first-order valence-corrected chi connectivity index (χ1v) is 9.28. The molecule has 4 rings (SSSR count). The summed E-state index contributed by atoms with van der Waals surface area (Å²) in [6, 6.07) is 9.33. The Morgan fingerprint density at radius 1 is 1.23 bits per heavy atom. The maximum absolute atomic E-state index is 9.55. The van der Waals surface area contributed by atoms with Crippen molar-refractivity contribution in [3.63, 3.8) is 0 Å². The van der Waals surface area contributed by atoms with Gasteiger partial charge in [-0.25, -0.2) is 14.6 Å². The minimum Gasteiger partial charge on any atom is -0.478 e. The molecular weight excluding hydrogens is 352 g/mol. The van der Waals surface area contributed by atoms with Crippen LogP contribution in [-0.4, -0.2) is 39.7 Å². The topological polar surface area (TPSA) is 99.5 Å². The molecule has 6 nitrogen and oxygen atoms in total. The second-order valence-electron chi connectivity index (χ2n) is 6.22. The molecule has 3 N–H and O–H groups in total. The zero-order valence-corrected chi connectivity index (χ0v) is 15.0. The van der Waals surface area contributed by atoms with Crippen LogP contribution in [0.2, 0.25) is 0 Å². The van der Waals surface area contributed by atoms with E-state index in [1.807, 2.05) is 11.3 Å². The van der Waals surface area contributed by atoms with Crippen LogP contribution < -0.4 is 5.32 Å². The number of rotatable bonds is 4. The van der Waals surface area contributed by atoms with Crippen molar-refractivity contribution >= 4 is 23.3 Å². The fourth-order valence-electron chi connectivity index (χ4n) is 3.18. The average Bonchev–Trinajstić information content (AvgIpc) is 3.30. The highest BCUT2D eigenvalue weighted by Crippen LogP contribution is 2.39. The summed E-state index contributed by atoms with van der Waals surface area (Å²) < 4.78 is 0. The quantitative estimate of drug-likeness (QED) is 0.609. The lowest BCUT2D eigenvalue weighted by molar-refractivity contribution is -0.134. The molecule has 1 aromatic heterocycles. The van der Waals surface area contributed by atoms with Gasteiger partial charge in [-0.1, -0.05) is 24.3 Å². The van der Waals surface area contributed by atoms with E-state index >= 15 is 0 Å². The number of carboxylic acid groups (broad SMARTS) is 2. The minimum atomic E-state index is -1.26. The van der Waals surface area contributed by atoms with Gasteiger partial charge in [0.05, 0.1) is 10.7 Å². The number of aromatic nitrogens is 1. The molecule has 0 spiro atoms. The molecule has 2 heterocycles. The molecule has 1 fully saturated rings. The van der Waals surface area contributed by atoms with Crippen molar-refractivity contribution < 1.29 is 19.8 Å². The molecule has 2 aliphatic rings. The lowest BCUT2D eigenvalue weighted by Crippen LogP contribution is -2.23. The molecule has 2 aromatic rings. The monoisotopic (exact) mass is 372 g/mol. The van der Waals surface area contributed by atoms with Gasteiger partial charge in [0.15, 0.2) is 0 Å². The van der Waals surface area contributed by atoms with Crippen molar-refractivity contribution in [2.45, 2.75) is 31.7 Å². The minimum absolute atomic E-state index is 0.558. The third-order valence-corrected chi connectivity index (χ3v) is 5.39. The molecule has 1 aromatic carbocycles. The van der Waals surface area contributed by atoms with E-state index in [4.69, 9.17) is 15.2 Å². The van der Waals surface area contributed by atoms with Gasteiger partial charge < -0.3 is 15.5 Å². The molecule has 1 aliphatic carbocycles. The first-order valence-electron chi connectivity index (χ1n) is 8.47. The third-order valence-electron chi connectivity index (χ3n) is 4.32. The van der Waals surface area contributed by atoms with Crippen molar-refractivity contribution in [3.05, 3.63) is 51.9 Å². The Hall–Kier alpha value is -2.51. The number of hydrogen-bond donors (Lipinski definition) is 3. The fraction of sp³-hybridized carbons (Fsp3) is 0.316. The predicted octanol–water partition coefficient (Wildman–Crippen LogP) is 2.72. The second kappa shape index (κ2) is 8.25. The molecule has 1 unspecified atom stereocenters. The first kappa shape index (κ1) is 18.3. The largest absolute Gasteiger partial charge is 0.478 e. The van der Waals surface area contributed by atoms with Gasteiger partial charge in [-0.2, -0.15) is 0 Å². The highest BCUT2D eigenvalue weighted by molar-refractivity contribution is 7.12. The lowest BCUT2D eigenvalue weighted by Gasteiger charge is -2.06. The lowest BCUT2D eigenvalue weighted by atomic mass is 10.1. The zero-order chi connectivity index (χ0) is 18.5. The molecule has 1 atom stereocenters. The van der Waals surface area contributed by atoms with Crippen LogP contribution >= 0.6 is 11.3 Å². The van der Waals surface area contributed by atoms with Gasteiger partial charge in [-0.05, 0) is 24.9 Å². The Morgan fingerprint density at radius 2 is 1.96 bits per heavy atom. The second-order valence-corrected chi connectivity index (χ2v) is 7.39. The van der Waals surface area contributed by atoms with Crippen molar-refractivity contribution in [1.82, 2.24) is 10.3 Å². The van der Waals surface area contributed by atoms with E-state index in [2.05, 4.69) is 29.6 Å². The maximum atomic E-state index is 9.55. The molecule has 26 heavy (non-hydrogen) atoms. The Morgan fingerprint density at radius 3 is 2.62 bits per heavy atom. The summed E-state index contributed by atoms with van der Waals surface area (Å²) in [5, 5.41) is 20.5. The predicted molar refractivity (Wildman–Crippen MR) is 99.5 cm³/mol. The van der Waals surface area contributed by atoms with E-state index in [1.54, 1.807) is 0 Å². The molecule has 0 amide bonds. The molecular formula is C19H20N2O4S. The van der Waals surface area contributed by atoms with E-state index in [0.29, 0.717) is 18.2 Å². The normalized spacial score (nSPS) is 17.5. The van der Waals surface area contributed by atoms with E-state index in [1.165, 1.54) is 46.1 Å². The van der Waals surface area contributed by atoms with Crippen LogP contribution in [0.3, 0.4) is 0 Å². The van der Waals surface area contributed by atoms with E-state index in [9.17, 15) is 9.59 Å². The van der Waals surface area contributed by atoms with Gasteiger partial charge >= 0.3 is 11.9 Å². The summed E-state index contributed by atoms with van der Waals surface area (Å²) in [6.07, 6.45) is 5.94. The Labute approximate surface area is 155 Å². The molecule has 0 bridgehead atoms. The number of carbonyl (C=O) groups is 2. The summed E-state index contributed by atoms with van der Waals surface area (Å²) in [5.41, 5.74) is 4.05. The summed E-state index contributed by atoms with van der Waals surface area (Å²) in [4.78, 5) is 25.4. The number of carboxylic acids is 2. The number of fused-ring (bicyclic) bond motifs is 3. The van der Waals surface area contributed by atoms with Gasteiger partial charge in [0.25, 0.3) is 0 Å². The van der Waals surface area contributed by atoms with Gasteiger partial charge in [-0.15, -0.1) is 11.3 Å². The van der Waals surface area contributed by atoms with Crippen molar-refractivity contribution in [2.24, 2.45) is 0 Å². The zero-order valence-electron chi connectivity index (χ0n) is 14.1. The molecule has 7 heteroatoms. The van der Waals surface area contributed by atoms with Crippen LogP contribution in [0.1, 0.15) is 28.3 Å². The highest BCUT2D eigenvalue weighted by atomic mass is 32.1. The Bertz CT molecular complexity index is 822. The van der Waals surface area contributed by atoms with Crippen LogP contribution in [0.5, 0.6) is 0 Å². The van der Waals surface area contributed by atoms with Crippen molar-refractivity contribution in [2.75, 3.05) is 6.54 Å². The number of aliphatic carboxylic acids is 2. The van der Waals surface area contributed by atoms with Crippen LogP contribution in [0.4, 0.5) is 0 Å². The third kappa shape index (κ3) is 4.56. The number of hydrogen-bond acceptors (Lipinski definition) is 5. The van der Waals surface area contributed by atoms with Gasteiger partial charge in [0.1, 0.15) is 0 Å². The van der Waals surface area contributed by atoms with Crippen LogP contribution in [0.15, 0.2) is 36.4 Å². The Kier molecular flexibility index (Phi) is 5.80. The Balaban J connectivity index is 0.000000211. The smallest absolute Gasteiger partial charge is 0.328 e. The van der Waals surface area contributed by atoms with Gasteiger partial charge in [0, 0.05) is 41.5 Å². The molecule has 0 radical (unpaired) electrons. The average molecular weight is 372 g/mol. The molecule has 136 valence electrons. The molecule has 0 saturated carbocycles. The van der Waals surface area contributed by atoms with E-state index in [0.717, 1.165) is 12.8 Å². The highest BCUT2D eigenvalue weighted by Gasteiger charge is 2.24. The van der Waals surface area contributed by atoms with Crippen LogP contribution in [0, 0.1) is 0 Å². The fourth-order valence-corrected chi connectivity index (χ4v) is 4.37. The van der Waals surface area contributed by atoms with Crippen molar-refractivity contribution in [3.8, 4) is 11.3 Å². The van der Waals surface area contributed by atoms with Crippen molar-refractivity contribution in [1.29, 1.82) is 0 Å². The standard InChI is InChI=1S/C15H16N2S.C4H4O4/c1-2-6-12-10(4-1)8-13-15(12)17-14(18-13)9-11-5-3-7-16-11;5-3(6)1-2-4(7)8/h1-2,4,6,11,16H,3,5,7-9H2;1-2H,(H,5,6)(H,7,8)/b;2-1+. The molecule has 1 saturated heterocycles. The van der Waals surface area contributed by atoms with Crippen LogP contribution in [-0.2, 0) is 22.4 Å². The number of nitrogens with one attached hydrogen (secondary N) is 1. The number of thiazole rings is 1. The first-order chi connectivity index (χ1) is 12.5. The number of benzene rings is 1. The summed E-state index contributed by atoms with van der Waals surface area (Å²) >= 11 is 1.91.